The molecule has 1 aromatic rings. The molecule has 0 radical (unpaired) electrons. The summed E-state index contributed by atoms with van der Waals surface area (Å²) in [7, 11) is -1.71. The molecule has 21 heavy (non-hydrogen) atoms. The number of rotatable bonds is 3. The van der Waals surface area contributed by atoms with E-state index in [0.29, 0.717) is 0 Å². The second-order valence-corrected chi connectivity index (χ2v) is 12.0. The summed E-state index contributed by atoms with van der Waals surface area (Å²) in [4.78, 5) is 0. The molecule has 3 heteroatoms. The molecule has 114 valence electrons. The number of hydrogen-bond donors (Lipinski definition) is 0. The molecule has 1 heterocycles. The molecule has 1 aliphatic heterocycles. The molecule has 0 aliphatic carbocycles. The fourth-order valence-corrected chi connectivity index (χ4v) is 5.66. The smallest absolute Gasteiger partial charge is 0.191 e. The lowest BCUT2D eigenvalue weighted by Gasteiger charge is -2.40. The van der Waals surface area contributed by atoms with Crippen molar-refractivity contribution in [2.45, 2.75) is 51.4 Å². The molecule has 1 atom stereocenters. The lowest BCUT2D eigenvalue weighted by atomic mass is 9.82. The van der Waals surface area contributed by atoms with Gasteiger partial charge >= 0.3 is 0 Å². The second-order valence-electron chi connectivity index (χ2n) is 6.93. The minimum Gasteiger partial charge on any atom is -0.407 e. The van der Waals surface area contributed by atoms with Crippen LogP contribution in [0.1, 0.15) is 32.3 Å². The number of allylic oxidation sites excluding steroid dienone is 1. The van der Waals surface area contributed by atoms with Gasteiger partial charge in [0.2, 0.25) is 0 Å². The minimum atomic E-state index is -1.71. The van der Waals surface area contributed by atoms with Gasteiger partial charge in [-0.2, -0.15) is 0 Å². The monoisotopic (exact) mass is 364 g/mol. The van der Waals surface area contributed by atoms with Crippen LogP contribution in [0.3, 0.4) is 0 Å². The van der Waals surface area contributed by atoms with Crippen LogP contribution in [0.25, 0.3) is 0 Å². The van der Waals surface area contributed by atoms with E-state index < -0.39 is 8.32 Å². The average Bonchev–Trinajstić information content (AvgIpc) is 2.46. The summed E-state index contributed by atoms with van der Waals surface area (Å²) >= 11 is 3.53. The SMILES string of the molecule is C=C(C)C[C@@]1(c2ccc(Br)cc2)CC(C)=CC[Si](C)(C)O1. The first-order valence-corrected chi connectivity index (χ1v) is 11.4. The van der Waals surface area contributed by atoms with E-state index in [4.69, 9.17) is 4.43 Å². The summed E-state index contributed by atoms with van der Waals surface area (Å²) < 4.78 is 7.91. The topological polar surface area (TPSA) is 9.23 Å². The standard InChI is InChI=1S/C18H25BrOSi/c1-14(2)12-18(16-6-8-17(19)9-7-16)13-15(3)10-11-21(4,5)20-18/h6-10H,1,11-13H2,2-5H3/t18-/m0/s1. The van der Waals surface area contributed by atoms with E-state index in [1.807, 2.05) is 0 Å². The van der Waals surface area contributed by atoms with Crippen LogP contribution >= 0.6 is 15.9 Å². The van der Waals surface area contributed by atoms with E-state index in [1.165, 1.54) is 16.7 Å². The van der Waals surface area contributed by atoms with E-state index in [2.05, 4.69) is 79.8 Å². The van der Waals surface area contributed by atoms with Gasteiger partial charge in [-0.05, 0) is 50.7 Å². The Morgan fingerprint density at radius 1 is 1.33 bits per heavy atom. The van der Waals surface area contributed by atoms with Gasteiger partial charge in [-0.1, -0.05) is 45.3 Å². The van der Waals surface area contributed by atoms with Crippen LogP contribution < -0.4 is 0 Å². The third-order valence-corrected chi connectivity index (χ3v) is 6.60. The van der Waals surface area contributed by atoms with Crippen molar-refractivity contribution in [3.05, 3.63) is 58.1 Å². The summed E-state index contributed by atoms with van der Waals surface area (Å²) in [6, 6.07) is 9.69. The Bertz CT molecular complexity index is 559. The maximum absolute atomic E-state index is 6.80. The molecular weight excluding hydrogens is 340 g/mol. The third kappa shape index (κ3) is 4.18. The Labute approximate surface area is 138 Å². The molecule has 0 spiro atoms. The lowest BCUT2D eigenvalue weighted by molar-refractivity contribution is 0.0593. The first-order valence-electron chi connectivity index (χ1n) is 7.49. The molecule has 2 rings (SSSR count). The highest BCUT2D eigenvalue weighted by atomic mass is 79.9. The fourth-order valence-electron chi connectivity index (χ4n) is 3.15. The van der Waals surface area contributed by atoms with Gasteiger partial charge in [-0.15, -0.1) is 6.58 Å². The zero-order chi connectivity index (χ0) is 15.7. The van der Waals surface area contributed by atoms with E-state index in [1.54, 1.807) is 0 Å². The Morgan fingerprint density at radius 2 is 1.95 bits per heavy atom. The summed E-state index contributed by atoms with van der Waals surface area (Å²) in [5.74, 6) is 0. The molecule has 0 aromatic heterocycles. The number of hydrogen-bond acceptors (Lipinski definition) is 1. The number of halogens is 1. The number of benzene rings is 1. The molecule has 1 aromatic carbocycles. The highest BCUT2D eigenvalue weighted by Crippen LogP contribution is 2.43. The van der Waals surface area contributed by atoms with Gasteiger partial charge in [0, 0.05) is 17.3 Å². The van der Waals surface area contributed by atoms with Crippen LogP contribution in [-0.4, -0.2) is 8.32 Å². The van der Waals surface area contributed by atoms with Gasteiger partial charge < -0.3 is 4.43 Å². The van der Waals surface area contributed by atoms with Gasteiger partial charge in [0.1, 0.15) is 0 Å². The molecule has 0 bridgehead atoms. The maximum Gasteiger partial charge on any atom is 0.191 e. The van der Waals surface area contributed by atoms with Crippen molar-refractivity contribution in [3.63, 3.8) is 0 Å². The van der Waals surface area contributed by atoms with Gasteiger partial charge in [0.05, 0.1) is 5.60 Å². The molecule has 0 saturated heterocycles. The summed E-state index contributed by atoms with van der Waals surface area (Å²) in [5.41, 5.74) is 3.62. The van der Waals surface area contributed by atoms with Crippen molar-refractivity contribution in [2.75, 3.05) is 0 Å². The van der Waals surface area contributed by atoms with Crippen LogP contribution in [-0.2, 0) is 10.0 Å². The predicted octanol–water partition coefficient (Wildman–Crippen LogP) is 6.18. The molecule has 0 N–H and O–H groups in total. The average molecular weight is 365 g/mol. The van der Waals surface area contributed by atoms with E-state index in [9.17, 15) is 0 Å². The zero-order valence-corrected chi connectivity index (χ0v) is 16.1. The van der Waals surface area contributed by atoms with Gasteiger partial charge in [0.25, 0.3) is 0 Å². The Morgan fingerprint density at radius 3 is 2.52 bits per heavy atom. The molecule has 0 unspecified atom stereocenters. The summed E-state index contributed by atoms with van der Waals surface area (Å²) in [5, 5.41) is 0. The van der Waals surface area contributed by atoms with Crippen LogP contribution in [0.2, 0.25) is 19.1 Å². The van der Waals surface area contributed by atoms with E-state index >= 15 is 0 Å². The summed E-state index contributed by atoms with van der Waals surface area (Å²) in [6.07, 6.45) is 4.22. The highest BCUT2D eigenvalue weighted by molar-refractivity contribution is 9.10. The predicted molar refractivity (Wildman–Crippen MR) is 97.0 cm³/mol. The van der Waals surface area contributed by atoms with E-state index in [-0.39, 0.29) is 5.60 Å². The minimum absolute atomic E-state index is 0.251. The normalized spacial score (nSPS) is 25.1. The molecule has 1 aliphatic rings. The maximum atomic E-state index is 6.80. The van der Waals surface area contributed by atoms with Crippen molar-refractivity contribution in [1.29, 1.82) is 0 Å². The second kappa shape index (κ2) is 6.23. The molecule has 0 saturated carbocycles. The molecular formula is C18H25BrOSi. The fraction of sp³-hybridized carbons (Fsp3) is 0.444. The Hall–Kier alpha value is -0.643. The molecule has 0 fully saturated rings. The van der Waals surface area contributed by atoms with Crippen LogP contribution in [0.5, 0.6) is 0 Å². The first-order chi connectivity index (χ1) is 9.72. The van der Waals surface area contributed by atoms with Crippen molar-refractivity contribution in [3.8, 4) is 0 Å². The van der Waals surface area contributed by atoms with Gasteiger partial charge in [-0.3, -0.25) is 0 Å². The first kappa shape index (κ1) is 16.7. The van der Waals surface area contributed by atoms with Crippen molar-refractivity contribution in [2.24, 2.45) is 0 Å². The third-order valence-electron chi connectivity index (χ3n) is 3.94. The van der Waals surface area contributed by atoms with E-state index in [0.717, 1.165) is 23.4 Å². The van der Waals surface area contributed by atoms with Gasteiger partial charge in [0.15, 0.2) is 8.32 Å². The van der Waals surface area contributed by atoms with Crippen molar-refractivity contribution < 1.29 is 4.43 Å². The Balaban J connectivity index is 2.52. The quantitative estimate of drug-likeness (QED) is 0.459. The molecule has 1 nitrogen and oxygen atoms in total. The largest absolute Gasteiger partial charge is 0.407 e. The van der Waals surface area contributed by atoms with Crippen molar-refractivity contribution >= 4 is 24.2 Å². The van der Waals surface area contributed by atoms with Gasteiger partial charge in [-0.25, -0.2) is 0 Å². The molecule has 0 amide bonds. The lowest BCUT2D eigenvalue weighted by Crippen LogP contribution is -2.41. The zero-order valence-electron chi connectivity index (χ0n) is 13.5. The van der Waals surface area contributed by atoms with Crippen LogP contribution in [0.4, 0.5) is 0 Å². The highest BCUT2D eigenvalue weighted by Gasteiger charge is 2.41. The van der Waals surface area contributed by atoms with Crippen LogP contribution in [0, 0.1) is 0 Å². The Kier molecular flexibility index (Phi) is 4.96. The summed E-state index contributed by atoms with van der Waals surface area (Å²) in [6.45, 7) is 13.1. The van der Waals surface area contributed by atoms with Crippen LogP contribution in [0.15, 0.2) is 52.5 Å². The van der Waals surface area contributed by atoms with Crippen molar-refractivity contribution in [1.82, 2.24) is 0 Å².